The summed E-state index contributed by atoms with van der Waals surface area (Å²) in [6, 6.07) is 15.3. The van der Waals surface area contributed by atoms with Gasteiger partial charge in [-0.2, -0.15) is 0 Å². The second kappa shape index (κ2) is 6.48. The van der Waals surface area contributed by atoms with E-state index < -0.39 is 4.92 Å². The molecule has 118 valence electrons. The van der Waals surface area contributed by atoms with Crippen LogP contribution in [0.4, 0.5) is 16.2 Å². The van der Waals surface area contributed by atoms with Gasteiger partial charge in [-0.15, -0.1) is 0 Å². The van der Waals surface area contributed by atoms with Crippen molar-refractivity contribution in [3.63, 3.8) is 0 Å². The molecule has 1 aliphatic rings. The van der Waals surface area contributed by atoms with Gasteiger partial charge in [0.1, 0.15) is 0 Å². The molecular formula is C17H17N3O3. The third kappa shape index (κ3) is 3.85. The lowest BCUT2D eigenvalue weighted by molar-refractivity contribution is -0.384. The smallest absolute Gasteiger partial charge is 0.319 e. The van der Waals surface area contributed by atoms with Gasteiger partial charge in [-0.05, 0) is 30.4 Å². The van der Waals surface area contributed by atoms with Crippen LogP contribution in [0.5, 0.6) is 0 Å². The molecule has 2 aromatic rings. The molecule has 23 heavy (non-hydrogen) atoms. The third-order valence-electron chi connectivity index (χ3n) is 3.85. The molecule has 0 aliphatic heterocycles. The van der Waals surface area contributed by atoms with Gasteiger partial charge >= 0.3 is 6.03 Å². The third-order valence-corrected chi connectivity index (χ3v) is 3.85. The number of carbonyl (C=O) groups is 1. The van der Waals surface area contributed by atoms with E-state index in [1.807, 2.05) is 30.3 Å². The maximum absolute atomic E-state index is 12.2. The summed E-state index contributed by atoms with van der Waals surface area (Å²) >= 11 is 0. The fraction of sp³-hybridized carbons (Fsp3) is 0.235. The van der Waals surface area contributed by atoms with E-state index in [-0.39, 0.29) is 17.8 Å². The molecule has 0 saturated heterocycles. The first-order chi connectivity index (χ1) is 11.1. The van der Waals surface area contributed by atoms with E-state index in [1.165, 1.54) is 12.1 Å². The minimum Gasteiger partial charge on any atom is -0.331 e. The molecule has 1 aliphatic carbocycles. The minimum absolute atomic E-state index is 0.0325. The average Bonchev–Trinajstić information content (AvgIpc) is 3.38. The summed E-state index contributed by atoms with van der Waals surface area (Å²) in [5, 5.41) is 16.4. The Balaban J connectivity index is 1.68. The van der Waals surface area contributed by atoms with E-state index in [9.17, 15) is 14.9 Å². The van der Waals surface area contributed by atoms with Crippen LogP contribution in [0.3, 0.4) is 0 Å². The molecule has 1 atom stereocenters. The summed E-state index contributed by atoms with van der Waals surface area (Å²) in [4.78, 5) is 22.5. The first-order valence-corrected chi connectivity index (χ1v) is 7.50. The van der Waals surface area contributed by atoms with Crippen molar-refractivity contribution in [2.45, 2.75) is 18.9 Å². The maximum atomic E-state index is 12.2. The Hall–Kier alpha value is -2.89. The molecule has 1 saturated carbocycles. The molecule has 2 amide bonds. The van der Waals surface area contributed by atoms with Crippen LogP contribution in [0.25, 0.3) is 0 Å². The molecule has 0 radical (unpaired) electrons. The summed E-state index contributed by atoms with van der Waals surface area (Å²) < 4.78 is 0. The van der Waals surface area contributed by atoms with Gasteiger partial charge < -0.3 is 10.6 Å². The standard InChI is InChI=1S/C17H17N3O3/c21-17(18-14-7-4-8-15(11-14)20(22)23)19-16(13-9-10-13)12-5-2-1-3-6-12/h1-8,11,13,16H,9-10H2,(H2,18,19,21). The second-order valence-corrected chi connectivity index (χ2v) is 5.63. The quantitative estimate of drug-likeness (QED) is 0.649. The Morgan fingerprint density at radius 2 is 1.87 bits per heavy atom. The van der Waals surface area contributed by atoms with E-state index in [1.54, 1.807) is 12.1 Å². The lowest BCUT2D eigenvalue weighted by Crippen LogP contribution is -2.33. The molecule has 0 heterocycles. The van der Waals surface area contributed by atoms with Crippen molar-refractivity contribution in [3.05, 3.63) is 70.3 Å². The molecule has 2 N–H and O–H groups in total. The summed E-state index contributed by atoms with van der Waals surface area (Å²) in [5.41, 5.74) is 1.42. The zero-order valence-corrected chi connectivity index (χ0v) is 12.4. The van der Waals surface area contributed by atoms with Crippen LogP contribution in [0.2, 0.25) is 0 Å². The van der Waals surface area contributed by atoms with Crippen molar-refractivity contribution in [2.24, 2.45) is 5.92 Å². The molecule has 6 nitrogen and oxygen atoms in total. The molecule has 6 heteroatoms. The number of nitrogens with one attached hydrogen (secondary N) is 2. The summed E-state index contributed by atoms with van der Waals surface area (Å²) in [5.74, 6) is 0.452. The van der Waals surface area contributed by atoms with Crippen molar-refractivity contribution in [1.82, 2.24) is 5.32 Å². The number of nitrogens with zero attached hydrogens (tertiary/aromatic N) is 1. The van der Waals surface area contributed by atoms with Crippen LogP contribution >= 0.6 is 0 Å². The highest BCUT2D eigenvalue weighted by Crippen LogP contribution is 2.40. The SMILES string of the molecule is O=C(Nc1cccc([N+](=O)[O-])c1)NC(c1ccccc1)C1CC1. The van der Waals surface area contributed by atoms with Gasteiger partial charge in [0, 0.05) is 17.8 Å². The van der Waals surface area contributed by atoms with Gasteiger partial charge in [-0.1, -0.05) is 36.4 Å². The van der Waals surface area contributed by atoms with Crippen LogP contribution in [0.1, 0.15) is 24.4 Å². The van der Waals surface area contributed by atoms with Gasteiger partial charge in [0.2, 0.25) is 0 Å². The molecule has 0 bridgehead atoms. The van der Waals surface area contributed by atoms with Crippen LogP contribution in [-0.4, -0.2) is 11.0 Å². The van der Waals surface area contributed by atoms with Gasteiger partial charge in [-0.3, -0.25) is 10.1 Å². The minimum atomic E-state index is -0.486. The highest BCUT2D eigenvalue weighted by atomic mass is 16.6. The number of urea groups is 1. The Kier molecular flexibility index (Phi) is 4.23. The number of amides is 2. The summed E-state index contributed by atoms with van der Waals surface area (Å²) in [6.45, 7) is 0. The number of carbonyl (C=O) groups excluding carboxylic acids is 1. The molecular weight excluding hydrogens is 294 g/mol. The zero-order valence-electron chi connectivity index (χ0n) is 12.4. The molecule has 3 rings (SSSR count). The fourth-order valence-corrected chi connectivity index (χ4v) is 2.57. The largest absolute Gasteiger partial charge is 0.331 e. The topological polar surface area (TPSA) is 84.3 Å². The number of hydrogen-bond acceptors (Lipinski definition) is 3. The van der Waals surface area contributed by atoms with Gasteiger partial charge in [-0.25, -0.2) is 4.79 Å². The second-order valence-electron chi connectivity index (χ2n) is 5.63. The first-order valence-electron chi connectivity index (χ1n) is 7.50. The van der Waals surface area contributed by atoms with Crippen LogP contribution in [-0.2, 0) is 0 Å². The number of benzene rings is 2. The van der Waals surface area contributed by atoms with Crippen molar-refractivity contribution in [1.29, 1.82) is 0 Å². The van der Waals surface area contributed by atoms with E-state index in [0.29, 0.717) is 11.6 Å². The van der Waals surface area contributed by atoms with Crippen LogP contribution < -0.4 is 10.6 Å². The Morgan fingerprint density at radius 3 is 2.52 bits per heavy atom. The van der Waals surface area contributed by atoms with Crippen LogP contribution in [0.15, 0.2) is 54.6 Å². The Bertz CT molecular complexity index is 714. The van der Waals surface area contributed by atoms with Crippen molar-refractivity contribution in [2.75, 3.05) is 5.32 Å². The summed E-state index contributed by atoms with van der Waals surface area (Å²) in [7, 11) is 0. The number of nitro groups is 1. The number of nitro benzene ring substituents is 1. The summed E-state index contributed by atoms with van der Waals surface area (Å²) in [6.07, 6.45) is 2.19. The van der Waals surface area contributed by atoms with Gasteiger partial charge in [0.15, 0.2) is 0 Å². The Labute approximate surface area is 133 Å². The normalized spacial score (nSPS) is 14.8. The number of anilines is 1. The van der Waals surface area contributed by atoms with Gasteiger partial charge in [0.25, 0.3) is 5.69 Å². The monoisotopic (exact) mass is 311 g/mol. The number of non-ortho nitro benzene ring substituents is 1. The number of rotatable bonds is 5. The highest BCUT2D eigenvalue weighted by Gasteiger charge is 2.33. The van der Waals surface area contributed by atoms with Crippen molar-refractivity contribution < 1.29 is 9.72 Å². The van der Waals surface area contributed by atoms with Crippen molar-refractivity contribution in [3.8, 4) is 0 Å². The van der Waals surface area contributed by atoms with Gasteiger partial charge in [0.05, 0.1) is 11.0 Å². The van der Waals surface area contributed by atoms with E-state index in [2.05, 4.69) is 10.6 Å². The molecule has 1 fully saturated rings. The average molecular weight is 311 g/mol. The maximum Gasteiger partial charge on any atom is 0.319 e. The van der Waals surface area contributed by atoms with E-state index in [0.717, 1.165) is 18.4 Å². The van der Waals surface area contributed by atoms with Crippen molar-refractivity contribution >= 4 is 17.4 Å². The first kappa shape index (κ1) is 15.0. The Morgan fingerprint density at radius 1 is 1.13 bits per heavy atom. The van der Waals surface area contributed by atoms with E-state index >= 15 is 0 Å². The lowest BCUT2D eigenvalue weighted by atomic mass is 10.0. The fourth-order valence-electron chi connectivity index (χ4n) is 2.57. The lowest BCUT2D eigenvalue weighted by Gasteiger charge is -2.19. The van der Waals surface area contributed by atoms with Crippen LogP contribution in [0, 0.1) is 16.0 Å². The van der Waals surface area contributed by atoms with E-state index in [4.69, 9.17) is 0 Å². The predicted molar refractivity (Wildman–Crippen MR) is 87.2 cm³/mol. The molecule has 0 spiro atoms. The molecule has 2 aromatic carbocycles. The highest BCUT2D eigenvalue weighted by molar-refractivity contribution is 5.89. The molecule has 0 aromatic heterocycles. The molecule has 1 unspecified atom stereocenters. The number of hydrogen-bond donors (Lipinski definition) is 2. The zero-order chi connectivity index (χ0) is 16.2. The predicted octanol–water partition coefficient (Wildman–Crippen LogP) is 3.87.